The molecule has 1 atom stereocenters. The van der Waals surface area contributed by atoms with Crippen LogP contribution in [-0.2, 0) is 26.0 Å². The van der Waals surface area contributed by atoms with Crippen molar-refractivity contribution in [1.82, 2.24) is 10.2 Å². The Hall–Kier alpha value is -2.98. The van der Waals surface area contributed by atoms with Gasteiger partial charge in [0.15, 0.2) is 0 Å². The SMILES string of the molecule is CC(C)(C)OC(=O)N[C@H](Cc1ccc(Cl)cc1)C(=O)N1CCN(c2ccccc2NS(C)(=O)=O)CC1. The summed E-state index contributed by atoms with van der Waals surface area (Å²) in [6.07, 6.45) is 0.740. The highest BCUT2D eigenvalue weighted by Crippen LogP contribution is 2.27. The van der Waals surface area contributed by atoms with Crippen LogP contribution in [0, 0.1) is 0 Å². The summed E-state index contributed by atoms with van der Waals surface area (Å²) in [4.78, 5) is 29.7. The second-order valence-corrected chi connectivity index (χ2v) is 11.9. The number of ether oxygens (including phenoxy) is 1. The van der Waals surface area contributed by atoms with Gasteiger partial charge in [-0.05, 0) is 50.6 Å². The highest BCUT2D eigenvalue weighted by atomic mass is 35.5. The Balaban J connectivity index is 1.71. The zero-order valence-corrected chi connectivity index (χ0v) is 22.5. The van der Waals surface area contributed by atoms with Crippen LogP contribution in [0.3, 0.4) is 0 Å². The van der Waals surface area contributed by atoms with Gasteiger partial charge >= 0.3 is 6.09 Å². The van der Waals surface area contributed by atoms with Crippen LogP contribution < -0.4 is 14.9 Å². The number of benzene rings is 2. The number of alkyl carbamates (subject to hydrolysis) is 1. The zero-order valence-electron chi connectivity index (χ0n) is 21.0. The van der Waals surface area contributed by atoms with Crippen molar-refractivity contribution in [3.63, 3.8) is 0 Å². The fourth-order valence-electron chi connectivity index (χ4n) is 3.93. The largest absolute Gasteiger partial charge is 0.444 e. The van der Waals surface area contributed by atoms with Gasteiger partial charge in [0.05, 0.1) is 17.6 Å². The lowest BCUT2D eigenvalue weighted by Crippen LogP contribution is -2.56. The molecule has 0 bridgehead atoms. The Labute approximate surface area is 217 Å². The van der Waals surface area contributed by atoms with E-state index in [0.717, 1.165) is 17.5 Å². The van der Waals surface area contributed by atoms with Crippen LogP contribution >= 0.6 is 11.6 Å². The quantitative estimate of drug-likeness (QED) is 0.561. The Morgan fingerprint density at radius 2 is 1.64 bits per heavy atom. The fraction of sp³-hybridized carbons (Fsp3) is 0.440. The lowest BCUT2D eigenvalue weighted by atomic mass is 10.0. The molecule has 2 aromatic carbocycles. The normalized spacial score (nSPS) is 15.2. The maximum Gasteiger partial charge on any atom is 0.408 e. The summed E-state index contributed by atoms with van der Waals surface area (Å²) in [5.41, 5.74) is 1.40. The number of halogens is 1. The minimum Gasteiger partial charge on any atom is -0.444 e. The number of hydrogen-bond donors (Lipinski definition) is 2. The Bertz CT molecular complexity index is 1170. The standard InChI is InChI=1S/C25H33ClN4O5S/c1-25(2,3)35-24(32)27-21(17-18-9-11-19(26)12-10-18)23(31)30-15-13-29(14-16-30)22-8-6-5-7-20(22)28-36(4,33)34/h5-12,21,28H,13-17H2,1-4H3,(H,27,32)/t21-/m1/s1. The number of carbonyl (C=O) groups is 2. The van der Waals surface area contributed by atoms with Gasteiger partial charge in [-0.3, -0.25) is 9.52 Å². The summed E-state index contributed by atoms with van der Waals surface area (Å²) < 4.78 is 31.5. The maximum absolute atomic E-state index is 13.5. The first-order valence-electron chi connectivity index (χ1n) is 11.7. The van der Waals surface area contributed by atoms with Gasteiger partial charge in [-0.1, -0.05) is 35.9 Å². The summed E-state index contributed by atoms with van der Waals surface area (Å²) in [5.74, 6) is -0.210. The first kappa shape index (κ1) is 27.6. The molecule has 0 saturated carbocycles. The molecule has 0 aliphatic carbocycles. The molecule has 0 aromatic heterocycles. The Kier molecular flexibility index (Phi) is 8.73. The minimum atomic E-state index is -3.43. The first-order chi connectivity index (χ1) is 16.8. The van der Waals surface area contributed by atoms with Crippen LogP contribution in [0.15, 0.2) is 48.5 Å². The van der Waals surface area contributed by atoms with E-state index in [-0.39, 0.29) is 12.3 Å². The van der Waals surface area contributed by atoms with Crippen LogP contribution in [0.4, 0.5) is 16.2 Å². The summed E-state index contributed by atoms with van der Waals surface area (Å²) in [6, 6.07) is 13.5. The van der Waals surface area contributed by atoms with Crippen LogP contribution in [0.2, 0.25) is 5.02 Å². The molecular formula is C25H33ClN4O5S. The number of carbonyl (C=O) groups excluding carboxylic acids is 2. The monoisotopic (exact) mass is 536 g/mol. The highest BCUT2D eigenvalue weighted by Gasteiger charge is 2.31. The number of amides is 2. The van der Waals surface area contributed by atoms with Crippen molar-refractivity contribution in [2.24, 2.45) is 0 Å². The van der Waals surface area contributed by atoms with Gasteiger partial charge in [-0.15, -0.1) is 0 Å². The molecule has 9 nitrogen and oxygen atoms in total. The molecule has 11 heteroatoms. The number of piperazine rings is 1. The van der Waals surface area contributed by atoms with Crippen LogP contribution in [0.25, 0.3) is 0 Å². The minimum absolute atomic E-state index is 0.210. The number of nitrogens with one attached hydrogen (secondary N) is 2. The Morgan fingerprint density at radius 3 is 2.22 bits per heavy atom. The molecule has 1 aliphatic heterocycles. The average Bonchev–Trinajstić information content (AvgIpc) is 2.78. The number of rotatable bonds is 7. The van der Waals surface area contributed by atoms with E-state index in [2.05, 4.69) is 10.0 Å². The average molecular weight is 537 g/mol. The third-order valence-corrected chi connectivity index (χ3v) is 6.32. The van der Waals surface area contributed by atoms with E-state index >= 15 is 0 Å². The summed E-state index contributed by atoms with van der Waals surface area (Å²) in [7, 11) is -3.43. The second kappa shape index (κ2) is 11.4. The van der Waals surface area contributed by atoms with Gasteiger partial charge in [-0.2, -0.15) is 0 Å². The second-order valence-electron chi connectivity index (χ2n) is 9.73. The number of nitrogens with zero attached hydrogens (tertiary/aromatic N) is 2. The molecule has 0 unspecified atom stereocenters. The van der Waals surface area contributed by atoms with Crippen molar-refractivity contribution < 1.29 is 22.7 Å². The topological polar surface area (TPSA) is 108 Å². The molecule has 1 aliphatic rings. The third-order valence-electron chi connectivity index (χ3n) is 5.47. The molecule has 0 radical (unpaired) electrons. The van der Waals surface area contributed by atoms with Gasteiger partial charge in [0.1, 0.15) is 11.6 Å². The van der Waals surface area contributed by atoms with E-state index in [1.54, 1.807) is 49.9 Å². The molecule has 1 saturated heterocycles. The van der Waals surface area contributed by atoms with Crippen molar-refractivity contribution in [2.75, 3.05) is 42.1 Å². The zero-order chi connectivity index (χ0) is 26.5. The lowest BCUT2D eigenvalue weighted by molar-refractivity contribution is -0.133. The van der Waals surface area contributed by atoms with Gasteiger partial charge in [0.25, 0.3) is 0 Å². The van der Waals surface area contributed by atoms with E-state index in [1.165, 1.54) is 0 Å². The molecule has 1 fully saturated rings. The van der Waals surface area contributed by atoms with E-state index in [9.17, 15) is 18.0 Å². The van der Waals surface area contributed by atoms with Crippen LogP contribution in [0.5, 0.6) is 0 Å². The van der Waals surface area contributed by atoms with Crippen molar-refractivity contribution in [2.45, 2.75) is 38.8 Å². The van der Waals surface area contributed by atoms with E-state index < -0.39 is 27.8 Å². The lowest BCUT2D eigenvalue weighted by Gasteiger charge is -2.38. The summed E-state index contributed by atoms with van der Waals surface area (Å²) in [6.45, 7) is 7.13. The van der Waals surface area contributed by atoms with Crippen molar-refractivity contribution in [3.8, 4) is 0 Å². The van der Waals surface area contributed by atoms with Crippen LogP contribution in [0.1, 0.15) is 26.3 Å². The number of anilines is 2. The molecule has 2 N–H and O–H groups in total. The van der Waals surface area contributed by atoms with Gasteiger partial charge in [-0.25, -0.2) is 13.2 Å². The molecule has 1 heterocycles. The maximum atomic E-state index is 13.5. The van der Waals surface area contributed by atoms with Crippen molar-refractivity contribution >= 4 is 45.0 Å². The molecule has 0 spiro atoms. The fourth-order valence-corrected chi connectivity index (χ4v) is 4.63. The van der Waals surface area contributed by atoms with E-state index in [0.29, 0.717) is 36.9 Å². The predicted molar refractivity (Wildman–Crippen MR) is 142 cm³/mol. The highest BCUT2D eigenvalue weighted by molar-refractivity contribution is 7.92. The molecule has 2 amide bonds. The van der Waals surface area contributed by atoms with Crippen molar-refractivity contribution in [3.05, 3.63) is 59.1 Å². The Morgan fingerprint density at radius 1 is 1.03 bits per heavy atom. The van der Waals surface area contributed by atoms with E-state index in [1.807, 2.05) is 29.2 Å². The summed E-state index contributed by atoms with van der Waals surface area (Å²) >= 11 is 5.99. The molecule has 2 aromatic rings. The van der Waals surface area contributed by atoms with E-state index in [4.69, 9.17) is 16.3 Å². The molecule has 196 valence electrons. The third kappa shape index (κ3) is 8.30. The van der Waals surface area contributed by atoms with Gasteiger partial charge in [0, 0.05) is 37.6 Å². The smallest absolute Gasteiger partial charge is 0.408 e. The van der Waals surface area contributed by atoms with Gasteiger partial charge in [0.2, 0.25) is 15.9 Å². The molecule has 36 heavy (non-hydrogen) atoms. The van der Waals surface area contributed by atoms with Crippen molar-refractivity contribution in [1.29, 1.82) is 0 Å². The summed E-state index contributed by atoms with van der Waals surface area (Å²) in [5, 5.41) is 3.32. The first-order valence-corrected chi connectivity index (χ1v) is 13.9. The molecule has 3 rings (SSSR count). The number of hydrogen-bond acceptors (Lipinski definition) is 6. The molecular weight excluding hydrogens is 504 g/mol. The predicted octanol–water partition coefficient (Wildman–Crippen LogP) is 3.50. The number of sulfonamides is 1. The van der Waals surface area contributed by atoms with Crippen LogP contribution in [-0.4, -0.2) is 69.4 Å². The number of para-hydroxylation sites is 2. The van der Waals surface area contributed by atoms with Gasteiger partial charge < -0.3 is 19.9 Å².